The Hall–Kier alpha value is -3.22. The van der Waals surface area contributed by atoms with Gasteiger partial charge < -0.3 is 0 Å². The van der Waals surface area contributed by atoms with Crippen molar-refractivity contribution in [2.24, 2.45) is 0 Å². The molecule has 39 heavy (non-hydrogen) atoms. The van der Waals surface area contributed by atoms with Gasteiger partial charge in [0.15, 0.2) is 0 Å². The lowest BCUT2D eigenvalue weighted by atomic mass is 10.1. The summed E-state index contributed by atoms with van der Waals surface area (Å²) in [5, 5.41) is 3.97. The molecule has 0 aliphatic heterocycles. The topological polar surface area (TPSA) is 25.8 Å². The first kappa shape index (κ1) is 26.0. The zero-order valence-corrected chi connectivity index (χ0v) is 23.1. The normalized spacial score (nSPS) is 11.7. The van der Waals surface area contributed by atoms with E-state index in [2.05, 4.69) is 12.1 Å². The van der Waals surface area contributed by atoms with Crippen LogP contribution in [-0.4, -0.2) is 21.5 Å². The van der Waals surface area contributed by atoms with Gasteiger partial charge in [-0.25, -0.2) is 18.7 Å². The van der Waals surface area contributed by atoms with Gasteiger partial charge in [-0.1, -0.05) is 55.7 Å². The molecule has 0 atom stereocenters. The van der Waals surface area contributed by atoms with Crippen LogP contribution >= 0.6 is 23.5 Å². The van der Waals surface area contributed by atoms with Gasteiger partial charge in [0.1, 0.15) is 11.6 Å². The van der Waals surface area contributed by atoms with Crippen LogP contribution in [0.4, 0.5) is 8.78 Å². The number of halogens is 2. The van der Waals surface area contributed by atoms with Crippen LogP contribution < -0.4 is 0 Å². The molecule has 2 aromatic heterocycles. The summed E-state index contributed by atoms with van der Waals surface area (Å²) in [6.07, 6.45) is 5.74. The average molecular weight is 555 g/mol. The molecule has 6 heteroatoms. The van der Waals surface area contributed by atoms with E-state index in [1.54, 1.807) is 24.3 Å². The molecule has 196 valence electrons. The molecule has 0 amide bonds. The Morgan fingerprint density at radius 2 is 0.872 bits per heavy atom. The van der Waals surface area contributed by atoms with Crippen molar-refractivity contribution >= 4 is 67.1 Å². The Morgan fingerprint density at radius 1 is 0.462 bits per heavy atom. The lowest BCUT2D eigenvalue weighted by Gasteiger charge is -2.11. The third kappa shape index (κ3) is 5.73. The summed E-state index contributed by atoms with van der Waals surface area (Å²) >= 11 is 3.62. The number of aromatic nitrogens is 2. The first-order chi connectivity index (χ1) is 19.2. The Kier molecular flexibility index (Phi) is 7.93. The van der Waals surface area contributed by atoms with Gasteiger partial charge in [0.2, 0.25) is 0 Å². The van der Waals surface area contributed by atoms with Crippen LogP contribution in [0.15, 0.2) is 94.7 Å². The molecule has 0 bridgehead atoms. The minimum absolute atomic E-state index is 0.225. The average Bonchev–Trinajstić information content (AvgIpc) is 2.95. The summed E-state index contributed by atoms with van der Waals surface area (Å²) in [6, 6.07) is 26.0. The van der Waals surface area contributed by atoms with E-state index in [0.29, 0.717) is 0 Å². The highest BCUT2D eigenvalue weighted by Gasteiger charge is 2.12. The summed E-state index contributed by atoms with van der Waals surface area (Å²) in [5.74, 6) is 1.54. The molecule has 6 aromatic rings. The fraction of sp³-hybridized carbons (Fsp3) is 0.212. The van der Waals surface area contributed by atoms with Crippen LogP contribution in [-0.2, 0) is 0 Å². The molecule has 0 unspecified atom stereocenters. The van der Waals surface area contributed by atoms with Crippen LogP contribution in [0.2, 0.25) is 0 Å². The summed E-state index contributed by atoms with van der Waals surface area (Å²) in [6.45, 7) is 0. The molecule has 0 aliphatic carbocycles. The number of unbranched alkanes of at least 4 members (excludes halogenated alkanes) is 4. The zero-order valence-electron chi connectivity index (χ0n) is 21.5. The lowest BCUT2D eigenvalue weighted by Crippen LogP contribution is -1.91. The number of thioether (sulfide) groups is 2. The van der Waals surface area contributed by atoms with E-state index in [1.165, 1.54) is 31.4 Å². The molecule has 4 aromatic carbocycles. The van der Waals surface area contributed by atoms with Gasteiger partial charge in [0.05, 0.1) is 22.1 Å². The molecular weight excluding hydrogens is 527 g/mol. The van der Waals surface area contributed by atoms with Crippen molar-refractivity contribution in [1.82, 2.24) is 9.97 Å². The van der Waals surface area contributed by atoms with E-state index in [9.17, 15) is 8.78 Å². The number of hydrogen-bond acceptors (Lipinski definition) is 4. The predicted octanol–water partition coefficient (Wildman–Crippen LogP) is 10.2. The van der Waals surface area contributed by atoms with Crippen molar-refractivity contribution in [1.29, 1.82) is 0 Å². The largest absolute Gasteiger partial charge is 0.248 e. The van der Waals surface area contributed by atoms with Crippen LogP contribution in [0.3, 0.4) is 0 Å². The minimum atomic E-state index is -0.225. The molecule has 0 aliphatic rings. The monoisotopic (exact) mass is 554 g/mol. The van der Waals surface area contributed by atoms with E-state index in [1.807, 2.05) is 59.9 Å². The number of para-hydroxylation sites is 2. The van der Waals surface area contributed by atoms with Crippen molar-refractivity contribution in [2.45, 2.75) is 41.9 Å². The van der Waals surface area contributed by atoms with E-state index in [0.717, 1.165) is 77.8 Å². The molecule has 0 fully saturated rings. The zero-order chi connectivity index (χ0) is 26.6. The standard InChI is InChI=1S/C33H28F2N2S2/c34-22-14-16-30-26(20-22)32(24-10-4-6-12-28(24)36-30)38-18-8-2-1-3-9-19-39-33-25-11-5-7-13-29(25)37-31-17-15-23(35)21-27(31)33/h4-7,10-17,20-21H,1-3,8-9,18-19H2. The molecular formula is C33H28F2N2S2. The van der Waals surface area contributed by atoms with Crippen molar-refractivity contribution in [2.75, 3.05) is 11.5 Å². The van der Waals surface area contributed by atoms with Crippen LogP contribution in [0, 0.1) is 11.6 Å². The van der Waals surface area contributed by atoms with E-state index < -0.39 is 0 Å². The fourth-order valence-corrected chi connectivity index (χ4v) is 7.44. The maximum Gasteiger partial charge on any atom is 0.124 e. The molecule has 2 heterocycles. The highest BCUT2D eigenvalue weighted by Crippen LogP contribution is 2.36. The van der Waals surface area contributed by atoms with Crippen molar-refractivity contribution in [3.05, 3.63) is 96.6 Å². The second-order valence-electron chi connectivity index (χ2n) is 9.70. The van der Waals surface area contributed by atoms with Gasteiger partial charge in [0, 0.05) is 31.3 Å². The van der Waals surface area contributed by atoms with Gasteiger partial charge in [-0.15, -0.1) is 23.5 Å². The SMILES string of the molecule is Fc1ccc2nc3ccccc3c(SCCCCCCCSc3c4ccccc4nc4ccc(F)cc34)c2c1. The smallest absolute Gasteiger partial charge is 0.124 e. The van der Waals surface area contributed by atoms with Gasteiger partial charge in [-0.2, -0.15) is 0 Å². The first-order valence-electron chi connectivity index (χ1n) is 13.4. The number of nitrogens with zero attached hydrogens (tertiary/aromatic N) is 2. The van der Waals surface area contributed by atoms with Crippen molar-refractivity contribution < 1.29 is 8.78 Å². The highest BCUT2D eigenvalue weighted by atomic mass is 32.2. The van der Waals surface area contributed by atoms with Gasteiger partial charge in [-0.05, 0) is 72.9 Å². The number of rotatable bonds is 10. The number of hydrogen-bond donors (Lipinski definition) is 0. The third-order valence-electron chi connectivity index (χ3n) is 6.97. The Balaban J connectivity index is 1.02. The molecule has 2 nitrogen and oxygen atoms in total. The number of fused-ring (bicyclic) bond motifs is 4. The van der Waals surface area contributed by atoms with Gasteiger partial charge in [0.25, 0.3) is 0 Å². The maximum absolute atomic E-state index is 14.0. The molecule has 0 saturated heterocycles. The van der Waals surface area contributed by atoms with Crippen LogP contribution in [0.25, 0.3) is 43.6 Å². The van der Waals surface area contributed by atoms with Gasteiger partial charge >= 0.3 is 0 Å². The van der Waals surface area contributed by atoms with Crippen molar-refractivity contribution in [3.8, 4) is 0 Å². The lowest BCUT2D eigenvalue weighted by molar-refractivity contribution is 0.629. The third-order valence-corrected chi connectivity index (χ3v) is 9.41. The first-order valence-corrected chi connectivity index (χ1v) is 15.4. The second-order valence-corrected chi connectivity index (χ2v) is 11.9. The Bertz CT molecular complexity index is 1660. The Morgan fingerprint density at radius 3 is 1.36 bits per heavy atom. The molecule has 0 radical (unpaired) electrons. The predicted molar refractivity (Wildman–Crippen MR) is 163 cm³/mol. The quantitative estimate of drug-likeness (QED) is 0.0956. The van der Waals surface area contributed by atoms with Crippen molar-refractivity contribution in [3.63, 3.8) is 0 Å². The second kappa shape index (κ2) is 11.9. The van der Waals surface area contributed by atoms with Crippen LogP contribution in [0.5, 0.6) is 0 Å². The molecule has 0 N–H and O–H groups in total. The highest BCUT2D eigenvalue weighted by molar-refractivity contribution is 8.00. The number of pyridine rings is 2. The van der Waals surface area contributed by atoms with E-state index >= 15 is 0 Å². The summed E-state index contributed by atoms with van der Waals surface area (Å²) in [4.78, 5) is 11.7. The van der Waals surface area contributed by atoms with E-state index in [4.69, 9.17) is 9.97 Å². The maximum atomic E-state index is 14.0. The summed E-state index contributed by atoms with van der Waals surface area (Å²) in [5.41, 5.74) is 3.59. The summed E-state index contributed by atoms with van der Waals surface area (Å²) < 4.78 is 28.1. The number of benzene rings is 4. The summed E-state index contributed by atoms with van der Waals surface area (Å²) in [7, 11) is 0. The Labute approximate surface area is 235 Å². The molecule has 0 spiro atoms. The van der Waals surface area contributed by atoms with E-state index in [-0.39, 0.29) is 11.6 Å². The molecule has 0 saturated carbocycles. The van der Waals surface area contributed by atoms with Crippen LogP contribution in [0.1, 0.15) is 32.1 Å². The van der Waals surface area contributed by atoms with Gasteiger partial charge in [-0.3, -0.25) is 0 Å². The minimum Gasteiger partial charge on any atom is -0.248 e. The fourth-order valence-electron chi connectivity index (χ4n) is 5.05. The molecule has 6 rings (SSSR count).